The number of aromatic nitrogens is 1. The topological polar surface area (TPSA) is 71.5 Å². The van der Waals surface area contributed by atoms with Crippen LogP contribution in [-0.2, 0) is 11.2 Å². The van der Waals surface area contributed by atoms with E-state index in [1.165, 1.54) is 11.3 Å². The van der Waals surface area contributed by atoms with E-state index in [2.05, 4.69) is 10.3 Å². The SMILES string of the molecule is CCOc1ccc(Nc2nc(-c3ccc(C)cc3)c(CC(=O)O)s2)cc1. The van der Waals surface area contributed by atoms with Crippen LogP contribution >= 0.6 is 11.3 Å². The van der Waals surface area contributed by atoms with Crippen molar-refractivity contribution in [2.45, 2.75) is 20.3 Å². The van der Waals surface area contributed by atoms with Crippen molar-refractivity contribution in [3.8, 4) is 17.0 Å². The molecule has 1 aromatic heterocycles. The number of ether oxygens (including phenoxy) is 1. The third-order valence-corrected chi connectivity index (χ3v) is 4.72. The number of nitrogens with one attached hydrogen (secondary N) is 1. The van der Waals surface area contributed by atoms with Crippen molar-refractivity contribution < 1.29 is 14.6 Å². The second-order valence-electron chi connectivity index (χ2n) is 5.81. The van der Waals surface area contributed by atoms with E-state index in [0.29, 0.717) is 17.4 Å². The van der Waals surface area contributed by atoms with E-state index in [-0.39, 0.29) is 6.42 Å². The van der Waals surface area contributed by atoms with Gasteiger partial charge in [-0.3, -0.25) is 4.79 Å². The molecule has 6 heteroatoms. The maximum Gasteiger partial charge on any atom is 0.308 e. The third kappa shape index (κ3) is 4.40. The van der Waals surface area contributed by atoms with Gasteiger partial charge in [-0.05, 0) is 38.1 Å². The Kier molecular flexibility index (Phi) is 5.53. The van der Waals surface area contributed by atoms with E-state index in [0.717, 1.165) is 27.4 Å². The van der Waals surface area contributed by atoms with Crippen LogP contribution in [-0.4, -0.2) is 22.7 Å². The molecular formula is C20H20N2O3S. The number of anilines is 2. The quantitative estimate of drug-likeness (QED) is 0.621. The van der Waals surface area contributed by atoms with Gasteiger partial charge in [0.25, 0.3) is 0 Å². The maximum absolute atomic E-state index is 11.2. The Morgan fingerprint density at radius 3 is 2.46 bits per heavy atom. The summed E-state index contributed by atoms with van der Waals surface area (Å²) in [6, 6.07) is 15.5. The minimum atomic E-state index is -0.866. The first-order valence-electron chi connectivity index (χ1n) is 8.33. The maximum atomic E-state index is 11.2. The Bertz CT molecular complexity index is 886. The van der Waals surface area contributed by atoms with E-state index < -0.39 is 5.97 Å². The molecule has 2 N–H and O–H groups in total. The number of hydrogen-bond donors (Lipinski definition) is 2. The van der Waals surface area contributed by atoms with Crippen LogP contribution in [0.25, 0.3) is 11.3 Å². The first-order chi connectivity index (χ1) is 12.5. The van der Waals surface area contributed by atoms with Gasteiger partial charge in [0.1, 0.15) is 5.75 Å². The van der Waals surface area contributed by atoms with Gasteiger partial charge >= 0.3 is 5.97 Å². The molecule has 5 nitrogen and oxygen atoms in total. The van der Waals surface area contributed by atoms with Crippen LogP contribution in [0.5, 0.6) is 5.75 Å². The molecule has 0 radical (unpaired) electrons. The number of carbonyl (C=O) groups is 1. The van der Waals surface area contributed by atoms with Gasteiger partial charge in [0.15, 0.2) is 5.13 Å². The Balaban J connectivity index is 1.87. The zero-order valence-corrected chi connectivity index (χ0v) is 15.5. The molecule has 0 saturated heterocycles. The predicted octanol–water partition coefficient (Wildman–Crippen LogP) is 4.89. The number of aryl methyl sites for hydroxylation is 1. The van der Waals surface area contributed by atoms with Crippen molar-refractivity contribution >= 4 is 28.1 Å². The fourth-order valence-corrected chi connectivity index (χ4v) is 3.52. The van der Waals surface area contributed by atoms with Gasteiger partial charge in [0.2, 0.25) is 0 Å². The molecule has 0 saturated carbocycles. The van der Waals surface area contributed by atoms with E-state index in [9.17, 15) is 9.90 Å². The minimum Gasteiger partial charge on any atom is -0.494 e. The fraction of sp³-hybridized carbons (Fsp3) is 0.200. The van der Waals surface area contributed by atoms with Gasteiger partial charge in [-0.1, -0.05) is 29.8 Å². The summed E-state index contributed by atoms with van der Waals surface area (Å²) in [4.78, 5) is 16.6. The fourth-order valence-electron chi connectivity index (χ4n) is 2.52. The molecule has 0 amide bonds. The van der Waals surface area contributed by atoms with Crippen LogP contribution in [0.3, 0.4) is 0 Å². The highest BCUT2D eigenvalue weighted by molar-refractivity contribution is 7.16. The highest BCUT2D eigenvalue weighted by Gasteiger charge is 2.16. The molecule has 0 bridgehead atoms. The summed E-state index contributed by atoms with van der Waals surface area (Å²) in [5.74, 6) is -0.0567. The van der Waals surface area contributed by atoms with Crippen molar-refractivity contribution in [3.63, 3.8) is 0 Å². The number of nitrogens with zero attached hydrogens (tertiary/aromatic N) is 1. The second kappa shape index (κ2) is 8.01. The number of thiazole rings is 1. The number of rotatable bonds is 7. The summed E-state index contributed by atoms with van der Waals surface area (Å²) < 4.78 is 5.44. The lowest BCUT2D eigenvalue weighted by Crippen LogP contribution is -1.99. The number of benzene rings is 2. The van der Waals surface area contributed by atoms with Crippen LogP contribution in [0.15, 0.2) is 48.5 Å². The number of aliphatic carboxylic acids is 1. The van der Waals surface area contributed by atoms with Crippen LogP contribution < -0.4 is 10.1 Å². The number of carboxylic acids is 1. The Morgan fingerprint density at radius 1 is 1.15 bits per heavy atom. The molecule has 0 atom stereocenters. The van der Waals surface area contributed by atoms with Crippen LogP contribution in [0.1, 0.15) is 17.4 Å². The summed E-state index contributed by atoms with van der Waals surface area (Å²) in [5, 5.41) is 13.1. The normalized spacial score (nSPS) is 10.5. The predicted molar refractivity (Wildman–Crippen MR) is 105 cm³/mol. The van der Waals surface area contributed by atoms with Gasteiger partial charge in [-0.25, -0.2) is 4.98 Å². The molecule has 0 fully saturated rings. The molecule has 0 aliphatic heterocycles. The van der Waals surface area contributed by atoms with E-state index in [4.69, 9.17) is 4.74 Å². The Morgan fingerprint density at radius 2 is 1.85 bits per heavy atom. The second-order valence-corrected chi connectivity index (χ2v) is 6.89. The molecule has 0 unspecified atom stereocenters. The van der Waals surface area contributed by atoms with Crippen LogP contribution in [0.2, 0.25) is 0 Å². The molecule has 0 aliphatic rings. The molecule has 1 heterocycles. The first-order valence-corrected chi connectivity index (χ1v) is 9.15. The number of carboxylic acid groups (broad SMARTS) is 1. The summed E-state index contributed by atoms with van der Waals surface area (Å²) in [5.41, 5.74) is 3.66. The van der Waals surface area contributed by atoms with Gasteiger partial charge < -0.3 is 15.2 Å². The van der Waals surface area contributed by atoms with E-state index >= 15 is 0 Å². The molecule has 0 aliphatic carbocycles. The van der Waals surface area contributed by atoms with E-state index in [1.807, 2.05) is 62.4 Å². The molecule has 3 rings (SSSR count). The zero-order valence-electron chi connectivity index (χ0n) is 14.7. The third-order valence-electron chi connectivity index (χ3n) is 3.75. The summed E-state index contributed by atoms with van der Waals surface area (Å²) in [7, 11) is 0. The van der Waals surface area contributed by atoms with Crippen molar-refractivity contribution in [1.29, 1.82) is 0 Å². The zero-order chi connectivity index (χ0) is 18.5. The first kappa shape index (κ1) is 17.9. The average Bonchev–Trinajstić information content (AvgIpc) is 2.99. The molecule has 0 spiro atoms. The number of hydrogen-bond acceptors (Lipinski definition) is 5. The Labute approximate surface area is 156 Å². The molecule has 26 heavy (non-hydrogen) atoms. The van der Waals surface area contributed by atoms with Crippen molar-refractivity contribution in [2.75, 3.05) is 11.9 Å². The van der Waals surface area contributed by atoms with Crippen LogP contribution in [0.4, 0.5) is 10.8 Å². The minimum absolute atomic E-state index is 0.0498. The van der Waals surface area contributed by atoms with Gasteiger partial charge in [-0.2, -0.15) is 0 Å². The highest BCUT2D eigenvalue weighted by atomic mass is 32.1. The van der Waals surface area contributed by atoms with Crippen molar-refractivity contribution in [2.24, 2.45) is 0 Å². The lowest BCUT2D eigenvalue weighted by atomic mass is 10.1. The average molecular weight is 368 g/mol. The molecular weight excluding hydrogens is 348 g/mol. The largest absolute Gasteiger partial charge is 0.494 e. The van der Waals surface area contributed by atoms with Gasteiger partial charge in [0, 0.05) is 16.1 Å². The lowest BCUT2D eigenvalue weighted by molar-refractivity contribution is -0.136. The summed E-state index contributed by atoms with van der Waals surface area (Å²) in [6.07, 6.45) is -0.0498. The highest BCUT2D eigenvalue weighted by Crippen LogP contribution is 2.33. The molecule has 134 valence electrons. The van der Waals surface area contributed by atoms with Crippen molar-refractivity contribution in [3.05, 3.63) is 59.0 Å². The van der Waals surface area contributed by atoms with Gasteiger partial charge in [0.05, 0.1) is 18.7 Å². The van der Waals surface area contributed by atoms with Crippen LogP contribution in [0, 0.1) is 6.92 Å². The standard InChI is InChI=1S/C20H20N2O3S/c1-3-25-16-10-8-15(9-11-16)21-20-22-19(17(26-20)12-18(23)24)14-6-4-13(2)5-7-14/h4-11H,3,12H2,1-2H3,(H,21,22)(H,23,24). The smallest absolute Gasteiger partial charge is 0.308 e. The van der Waals surface area contributed by atoms with Gasteiger partial charge in [-0.15, -0.1) is 11.3 Å². The lowest BCUT2D eigenvalue weighted by Gasteiger charge is -2.05. The summed E-state index contributed by atoms with van der Waals surface area (Å²) in [6.45, 7) is 4.58. The Hall–Kier alpha value is -2.86. The van der Waals surface area contributed by atoms with E-state index in [1.54, 1.807) is 0 Å². The summed E-state index contributed by atoms with van der Waals surface area (Å²) >= 11 is 1.36. The monoisotopic (exact) mass is 368 g/mol. The molecule has 3 aromatic rings. The molecule has 2 aromatic carbocycles. The van der Waals surface area contributed by atoms with Crippen molar-refractivity contribution in [1.82, 2.24) is 4.98 Å².